The van der Waals surface area contributed by atoms with Crippen LogP contribution in [0.2, 0.25) is 0 Å². The van der Waals surface area contributed by atoms with Gasteiger partial charge in [0.15, 0.2) is 0 Å². The topological polar surface area (TPSA) is 58.2 Å². The van der Waals surface area contributed by atoms with E-state index in [9.17, 15) is 9.59 Å². The summed E-state index contributed by atoms with van der Waals surface area (Å²) in [5.74, 6) is -0.191. The third-order valence-corrected chi connectivity index (χ3v) is 4.41. The molecule has 4 heteroatoms. The molecule has 3 aromatic carbocycles. The monoisotopic (exact) mass is 372 g/mol. The molecule has 2 amide bonds. The second-order valence-corrected chi connectivity index (χ2v) is 6.63. The lowest BCUT2D eigenvalue weighted by molar-refractivity contribution is -0.120. The largest absolute Gasteiger partial charge is 0.355 e. The Kier molecular flexibility index (Phi) is 6.96. The van der Waals surface area contributed by atoms with Crippen LogP contribution in [0.1, 0.15) is 23.1 Å². The maximum absolute atomic E-state index is 12.3. The number of rotatable bonds is 8. The van der Waals surface area contributed by atoms with Gasteiger partial charge >= 0.3 is 0 Å². The Hall–Kier alpha value is -3.40. The van der Waals surface area contributed by atoms with E-state index in [1.54, 1.807) is 0 Å². The van der Waals surface area contributed by atoms with Gasteiger partial charge in [-0.1, -0.05) is 78.9 Å². The molecule has 0 aliphatic rings. The zero-order chi connectivity index (χ0) is 19.6. The molecule has 3 aromatic rings. The summed E-state index contributed by atoms with van der Waals surface area (Å²) in [5.41, 5.74) is 4.03. The molecule has 0 heterocycles. The number of benzene rings is 3. The number of anilines is 1. The Morgan fingerprint density at radius 1 is 0.679 bits per heavy atom. The van der Waals surface area contributed by atoms with Gasteiger partial charge < -0.3 is 10.6 Å². The highest BCUT2D eigenvalue weighted by Crippen LogP contribution is 2.19. The van der Waals surface area contributed by atoms with Crippen LogP contribution in [-0.2, 0) is 22.4 Å². The molecule has 0 unspecified atom stereocenters. The summed E-state index contributed by atoms with van der Waals surface area (Å²) in [5, 5.41) is 5.77. The smallest absolute Gasteiger partial charge is 0.226 e. The van der Waals surface area contributed by atoms with Crippen LogP contribution in [0.4, 0.5) is 5.69 Å². The fourth-order valence-corrected chi connectivity index (χ4v) is 2.98. The lowest BCUT2D eigenvalue weighted by atomic mass is 10.0. The van der Waals surface area contributed by atoms with Crippen LogP contribution in [0.15, 0.2) is 84.9 Å². The van der Waals surface area contributed by atoms with E-state index in [0.717, 1.165) is 23.2 Å². The van der Waals surface area contributed by atoms with Gasteiger partial charge in [0.25, 0.3) is 0 Å². The molecule has 0 bridgehead atoms. The van der Waals surface area contributed by atoms with Gasteiger partial charge in [0.1, 0.15) is 0 Å². The average Bonchev–Trinajstić information content (AvgIpc) is 2.71. The summed E-state index contributed by atoms with van der Waals surface area (Å²) in [7, 11) is 0. The zero-order valence-corrected chi connectivity index (χ0v) is 15.7. The van der Waals surface area contributed by atoms with Crippen molar-refractivity contribution in [2.75, 3.05) is 11.9 Å². The molecule has 0 saturated carbocycles. The van der Waals surface area contributed by atoms with Gasteiger partial charge in [-0.05, 0) is 29.2 Å². The molecule has 2 N–H and O–H groups in total. The fourth-order valence-electron chi connectivity index (χ4n) is 2.98. The Balaban J connectivity index is 1.48. The molecular weight excluding hydrogens is 348 g/mol. The van der Waals surface area contributed by atoms with E-state index in [1.165, 1.54) is 5.56 Å². The molecule has 0 saturated heterocycles. The second kappa shape index (κ2) is 10.1. The van der Waals surface area contributed by atoms with E-state index in [-0.39, 0.29) is 18.2 Å². The maximum atomic E-state index is 12.3. The minimum absolute atomic E-state index is 0.0801. The maximum Gasteiger partial charge on any atom is 0.226 e. The van der Waals surface area contributed by atoms with Crippen molar-refractivity contribution in [3.05, 3.63) is 102 Å². The van der Waals surface area contributed by atoms with Crippen molar-refractivity contribution >= 4 is 17.5 Å². The molecule has 0 spiro atoms. The number of hydrogen-bond acceptors (Lipinski definition) is 2. The lowest BCUT2D eigenvalue weighted by Crippen LogP contribution is -2.29. The SMILES string of the molecule is O=C(Cc1ccccc1)NCCC(=O)Nc1ccccc1Cc1ccccc1. The van der Waals surface area contributed by atoms with Crippen LogP contribution >= 0.6 is 0 Å². The molecule has 3 rings (SSSR count). The van der Waals surface area contributed by atoms with Gasteiger partial charge in [0.05, 0.1) is 6.42 Å². The van der Waals surface area contributed by atoms with Gasteiger partial charge in [-0.15, -0.1) is 0 Å². The first-order valence-electron chi connectivity index (χ1n) is 9.43. The fraction of sp³-hybridized carbons (Fsp3) is 0.167. The van der Waals surface area contributed by atoms with Crippen LogP contribution in [0.5, 0.6) is 0 Å². The molecule has 0 radical (unpaired) electrons. The quantitative estimate of drug-likeness (QED) is 0.629. The molecule has 28 heavy (non-hydrogen) atoms. The van der Waals surface area contributed by atoms with E-state index >= 15 is 0 Å². The number of hydrogen-bond donors (Lipinski definition) is 2. The van der Waals surface area contributed by atoms with E-state index in [0.29, 0.717) is 13.0 Å². The number of nitrogens with one attached hydrogen (secondary N) is 2. The highest BCUT2D eigenvalue weighted by molar-refractivity contribution is 5.92. The lowest BCUT2D eigenvalue weighted by Gasteiger charge is -2.12. The summed E-state index contributed by atoms with van der Waals surface area (Å²) in [4.78, 5) is 24.3. The molecule has 0 fully saturated rings. The highest BCUT2D eigenvalue weighted by atomic mass is 16.2. The van der Waals surface area contributed by atoms with Crippen LogP contribution < -0.4 is 10.6 Å². The molecule has 0 atom stereocenters. The number of para-hydroxylation sites is 1. The summed E-state index contributed by atoms with van der Waals surface area (Å²) < 4.78 is 0. The first-order valence-corrected chi connectivity index (χ1v) is 9.43. The van der Waals surface area contributed by atoms with Crippen molar-refractivity contribution < 1.29 is 9.59 Å². The van der Waals surface area contributed by atoms with Crippen LogP contribution in [0, 0.1) is 0 Å². The Labute approximate surface area is 165 Å². The molecule has 4 nitrogen and oxygen atoms in total. The summed E-state index contributed by atoms with van der Waals surface area (Å²) in [6.45, 7) is 0.318. The molecular formula is C24H24N2O2. The highest BCUT2D eigenvalue weighted by Gasteiger charge is 2.08. The van der Waals surface area contributed by atoms with Gasteiger partial charge in [0.2, 0.25) is 11.8 Å². The predicted octanol–water partition coefficient (Wildman–Crippen LogP) is 3.96. The van der Waals surface area contributed by atoms with Crippen LogP contribution in [0.3, 0.4) is 0 Å². The van der Waals surface area contributed by atoms with E-state index in [1.807, 2.05) is 72.8 Å². The normalized spacial score (nSPS) is 10.3. The van der Waals surface area contributed by atoms with E-state index in [4.69, 9.17) is 0 Å². The van der Waals surface area contributed by atoms with Gasteiger partial charge in [-0.3, -0.25) is 9.59 Å². The molecule has 0 aliphatic heterocycles. The van der Waals surface area contributed by atoms with Crippen LogP contribution in [0.25, 0.3) is 0 Å². The van der Waals surface area contributed by atoms with Crippen molar-refractivity contribution in [3.63, 3.8) is 0 Å². The first kappa shape index (κ1) is 19.4. The standard InChI is InChI=1S/C24H24N2O2/c27-23(15-16-25-24(28)18-20-11-5-2-6-12-20)26-22-14-8-7-13-21(22)17-19-9-3-1-4-10-19/h1-14H,15-18H2,(H,25,28)(H,26,27). The van der Waals surface area contributed by atoms with Gasteiger partial charge in [-0.25, -0.2) is 0 Å². The van der Waals surface area contributed by atoms with Crippen molar-refractivity contribution in [1.82, 2.24) is 5.32 Å². The van der Waals surface area contributed by atoms with Crippen molar-refractivity contribution in [3.8, 4) is 0 Å². The third kappa shape index (κ3) is 6.09. The Bertz CT molecular complexity index is 908. The van der Waals surface area contributed by atoms with E-state index < -0.39 is 0 Å². The van der Waals surface area contributed by atoms with Crippen molar-refractivity contribution in [1.29, 1.82) is 0 Å². The first-order chi connectivity index (χ1) is 13.7. The van der Waals surface area contributed by atoms with Crippen molar-refractivity contribution in [2.24, 2.45) is 0 Å². The number of carbonyl (C=O) groups is 2. The summed E-state index contributed by atoms with van der Waals surface area (Å²) >= 11 is 0. The second-order valence-electron chi connectivity index (χ2n) is 6.63. The molecule has 0 aliphatic carbocycles. The van der Waals surface area contributed by atoms with Crippen molar-refractivity contribution in [2.45, 2.75) is 19.3 Å². The van der Waals surface area contributed by atoms with Gasteiger partial charge in [0, 0.05) is 18.7 Å². The summed E-state index contributed by atoms with van der Waals surface area (Å²) in [6, 6.07) is 27.5. The minimum Gasteiger partial charge on any atom is -0.355 e. The zero-order valence-electron chi connectivity index (χ0n) is 15.7. The Morgan fingerprint density at radius 3 is 2.00 bits per heavy atom. The predicted molar refractivity (Wildman–Crippen MR) is 112 cm³/mol. The minimum atomic E-state index is -0.111. The Morgan fingerprint density at radius 2 is 1.29 bits per heavy atom. The third-order valence-electron chi connectivity index (χ3n) is 4.41. The van der Waals surface area contributed by atoms with E-state index in [2.05, 4.69) is 22.8 Å². The number of carbonyl (C=O) groups excluding carboxylic acids is 2. The average molecular weight is 372 g/mol. The molecule has 142 valence electrons. The van der Waals surface area contributed by atoms with Gasteiger partial charge in [-0.2, -0.15) is 0 Å². The molecule has 0 aromatic heterocycles. The number of amides is 2. The van der Waals surface area contributed by atoms with Crippen LogP contribution in [-0.4, -0.2) is 18.4 Å². The summed E-state index contributed by atoms with van der Waals surface area (Å²) in [6.07, 6.45) is 1.31.